The molecule has 2 heterocycles. The van der Waals surface area contributed by atoms with Crippen molar-refractivity contribution in [3.05, 3.63) is 78.0 Å². The lowest BCUT2D eigenvalue weighted by Crippen LogP contribution is -2.46. The molecule has 16 heteroatoms. The minimum atomic E-state index is -4.82. The molecule has 1 aliphatic rings. The summed E-state index contributed by atoms with van der Waals surface area (Å²) >= 11 is 0. The highest BCUT2D eigenvalue weighted by Crippen LogP contribution is 2.39. The number of amides is 1. The van der Waals surface area contributed by atoms with Gasteiger partial charge in [0.1, 0.15) is 17.5 Å². The number of sulfonamides is 2. The fraction of sp³-hybridized carbons (Fsp3) is 0.321. The van der Waals surface area contributed by atoms with Crippen LogP contribution in [0.15, 0.2) is 76.8 Å². The maximum atomic E-state index is 13.8. The lowest BCUT2D eigenvalue weighted by Gasteiger charge is -2.35. The van der Waals surface area contributed by atoms with Gasteiger partial charge in [-0.25, -0.2) is 18.1 Å². The normalized spacial score (nSPS) is 15.6. The minimum Gasteiger partial charge on any atom is -0.486 e. The predicted octanol–water partition coefficient (Wildman–Crippen LogP) is 3.84. The first kappa shape index (κ1) is 32.7. The second-order valence-corrected chi connectivity index (χ2v) is 14.3. The number of esters is 1. The number of pyridine rings is 1. The SMILES string of the molecule is CC(C)(C)OC(=O)Cc1ccc2c(c1)N(S(=O)(=O)c1cccc(C(F)(F)F)c1)C[C@H](CC(=O)NS(=O)(=O)c1ccccn1)O2. The molecule has 0 saturated heterocycles. The third-order valence-electron chi connectivity index (χ3n) is 6.05. The van der Waals surface area contributed by atoms with E-state index in [1.807, 2.05) is 4.72 Å². The summed E-state index contributed by atoms with van der Waals surface area (Å²) in [6.45, 7) is 4.45. The van der Waals surface area contributed by atoms with Gasteiger partial charge in [-0.15, -0.1) is 0 Å². The van der Waals surface area contributed by atoms with Crippen molar-refractivity contribution in [2.75, 3.05) is 10.8 Å². The largest absolute Gasteiger partial charge is 0.486 e. The Morgan fingerprint density at radius 3 is 2.39 bits per heavy atom. The van der Waals surface area contributed by atoms with E-state index in [0.29, 0.717) is 11.6 Å². The van der Waals surface area contributed by atoms with Gasteiger partial charge in [0.25, 0.3) is 20.0 Å². The molecule has 4 rings (SSSR count). The first-order chi connectivity index (χ1) is 20.3. The molecule has 1 aliphatic heterocycles. The van der Waals surface area contributed by atoms with E-state index in [9.17, 15) is 39.6 Å². The topological polar surface area (TPSA) is 149 Å². The van der Waals surface area contributed by atoms with Crippen LogP contribution in [0.2, 0.25) is 0 Å². The van der Waals surface area contributed by atoms with Gasteiger partial charge in [-0.3, -0.25) is 13.9 Å². The number of carbonyl (C=O) groups is 2. The summed E-state index contributed by atoms with van der Waals surface area (Å²) < 4.78 is 107. The number of fused-ring (bicyclic) bond motifs is 1. The number of hydrogen-bond donors (Lipinski definition) is 1. The smallest absolute Gasteiger partial charge is 0.416 e. The zero-order chi connectivity index (χ0) is 32.5. The van der Waals surface area contributed by atoms with E-state index in [4.69, 9.17) is 9.47 Å². The van der Waals surface area contributed by atoms with E-state index in [0.717, 1.165) is 22.5 Å². The van der Waals surface area contributed by atoms with Gasteiger partial charge in [0, 0.05) is 6.20 Å². The molecule has 0 radical (unpaired) electrons. The summed E-state index contributed by atoms with van der Waals surface area (Å²) in [6.07, 6.45) is -5.75. The maximum absolute atomic E-state index is 13.8. The lowest BCUT2D eigenvalue weighted by molar-refractivity contribution is -0.154. The van der Waals surface area contributed by atoms with E-state index in [2.05, 4.69) is 4.98 Å². The second-order valence-electron chi connectivity index (χ2n) is 10.8. The summed E-state index contributed by atoms with van der Waals surface area (Å²) in [5.74, 6) is -1.71. The van der Waals surface area contributed by atoms with Gasteiger partial charge in [0.05, 0.1) is 35.5 Å². The fourth-order valence-corrected chi connectivity index (χ4v) is 6.75. The second kappa shape index (κ2) is 12.1. The highest BCUT2D eigenvalue weighted by Gasteiger charge is 2.38. The summed E-state index contributed by atoms with van der Waals surface area (Å²) in [6, 6.07) is 11.3. The molecule has 1 amide bonds. The van der Waals surface area contributed by atoms with Crippen molar-refractivity contribution in [1.82, 2.24) is 9.71 Å². The molecule has 1 aromatic heterocycles. The van der Waals surface area contributed by atoms with Gasteiger partial charge < -0.3 is 9.47 Å². The van der Waals surface area contributed by atoms with Crippen molar-refractivity contribution >= 4 is 37.6 Å². The van der Waals surface area contributed by atoms with Crippen LogP contribution < -0.4 is 13.8 Å². The van der Waals surface area contributed by atoms with E-state index < -0.39 is 78.3 Å². The Kier molecular flexibility index (Phi) is 8.98. The summed E-state index contributed by atoms with van der Waals surface area (Å²) in [5.41, 5.74) is -1.75. The Morgan fingerprint density at radius 2 is 1.75 bits per heavy atom. The highest BCUT2D eigenvalue weighted by atomic mass is 32.2. The van der Waals surface area contributed by atoms with E-state index >= 15 is 0 Å². The molecule has 2 aromatic carbocycles. The van der Waals surface area contributed by atoms with Crippen LogP contribution in [0.3, 0.4) is 0 Å². The molecule has 3 aromatic rings. The Hall–Kier alpha value is -4.18. The van der Waals surface area contributed by atoms with Crippen LogP contribution in [0.1, 0.15) is 38.3 Å². The number of nitrogens with one attached hydrogen (secondary N) is 1. The minimum absolute atomic E-state index is 0.0647. The van der Waals surface area contributed by atoms with E-state index in [1.165, 1.54) is 42.6 Å². The van der Waals surface area contributed by atoms with Crippen molar-refractivity contribution in [2.45, 2.75) is 61.4 Å². The average molecular weight is 656 g/mol. The van der Waals surface area contributed by atoms with Gasteiger partial charge in [0.2, 0.25) is 5.91 Å². The zero-order valence-corrected chi connectivity index (χ0v) is 25.3. The van der Waals surface area contributed by atoms with Gasteiger partial charge in [-0.2, -0.15) is 21.6 Å². The molecular weight excluding hydrogens is 627 g/mol. The third kappa shape index (κ3) is 7.85. The van der Waals surface area contributed by atoms with Crippen LogP contribution in [-0.2, 0) is 47.0 Å². The summed E-state index contributed by atoms with van der Waals surface area (Å²) in [7, 11) is -9.06. The number of hydrogen-bond acceptors (Lipinski definition) is 9. The van der Waals surface area contributed by atoms with Crippen molar-refractivity contribution in [2.24, 2.45) is 0 Å². The van der Waals surface area contributed by atoms with Crippen LogP contribution in [0, 0.1) is 0 Å². The Labute approximate surface area is 252 Å². The summed E-state index contributed by atoms with van der Waals surface area (Å²) in [5, 5.41) is -0.422. The van der Waals surface area contributed by atoms with Gasteiger partial charge in [0.15, 0.2) is 5.03 Å². The van der Waals surface area contributed by atoms with Gasteiger partial charge in [-0.1, -0.05) is 18.2 Å². The lowest BCUT2D eigenvalue weighted by atomic mass is 10.1. The highest BCUT2D eigenvalue weighted by molar-refractivity contribution is 7.92. The fourth-order valence-electron chi connectivity index (χ4n) is 4.26. The molecule has 0 fully saturated rings. The van der Waals surface area contributed by atoms with Crippen LogP contribution in [0.25, 0.3) is 0 Å². The number of alkyl halides is 3. The molecule has 0 aliphatic carbocycles. The predicted molar refractivity (Wildman–Crippen MR) is 151 cm³/mol. The molecule has 0 saturated carbocycles. The number of aromatic nitrogens is 1. The van der Waals surface area contributed by atoms with E-state index in [-0.39, 0.29) is 17.9 Å². The van der Waals surface area contributed by atoms with E-state index in [1.54, 1.807) is 20.8 Å². The number of benzene rings is 2. The van der Waals surface area contributed by atoms with Crippen molar-refractivity contribution < 1.29 is 49.1 Å². The Morgan fingerprint density at radius 1 is 1.02 bits per heavy atom. The molecule has 1 atom stereocenters. The molecule has 44 heavy (non-hydrogen) atoms. The number of halogens is 3. The van der Waals surface area contributed by atoms with Crippen LogP contribution in [0.4, 0.5) is 18.9 Å². The number of nitrogens with zero attached hydrogens (tertiary/aromatic N) is 2. The first-order valence-corrected chi connectivity index (χ1v) is 16.0. The molecule has 0 bridgehead atoms. The van der Waals surface area contributed by atoms with Gasteiger partial charge in [-0.05, 0) is 68.8 Å². The standard InChI is InChI=1S/C28H28F3N3O8S2/c1-27(2,3)42-26(36)14-18-10-11-23-22(13-18)34(44(39,40)21-8-6-7-19(15-21)28(29,30)31)17-20(41-23)16-24(35)33-43(37,38)25-9-4-5-12-32-25/h4-13,15,20H,14,16-17H2,1-3H3,(H,33,35)/t20-/m0/s1. The number of carbonyl (C=O) groups excluding carboxylic acids is 2. The number of ether oxygens (including phenoxy) is 2. The van der Waals surface area contributed by atoms with Crippen LogP contribution in [0.5, 0.6) is 5.75 Å². The van der Waals surface area contributed by atoms with Crippen molar-refractivity contribution in [3.63, 3.8) is 0 Å². The molecule has 236 valence electrons. The van der Waals surface area contributed by atoms with Crippen LogP contribution in [-0.4, -0.2) is 51.9 Å². The quantitative estimate of drug-likeness (QED) is 0.358. The monoisotopic (exact) mass is 655 g/mol. The average Bonchev–Trinajstić information content (AvgIpc) is 2.91. The zero-order valence-electron chi connectivity index (χ0n) is 23.7. The Bertz CT molecular complexity index is 1780. The third-order valence-corrected chi connectivity index (χ3v) is 9.11. The molecular formula is C28H28F3N3O8S2. The summed E-state index contributed by atoms with van der Waals surface area (Å²) in [4.78, 5) is 28.2. The first-order valence-electron chi connectivity index (χ1n) is 13.0. The Balaban J connectivity index is 1.68. The number of anilines is 1. The van der Waals surface area contributed by atoms with Gasteiger partial charge >= 0.3 is 12.1 Å². The van der Waals surface area contributed by atoms with Crippen LogP contribution >= 0.6 is 0 Å². The molecule has 0 unspecified atom stereocenters. The maximum Gasteiger partial charge on any atom is 0.416 e. The molecule has 1 N–H and O–H groups in total. The number of rotatable bonds is 8. The van der Waals surface area contributed by atoms with Crippen molar-refractivity contribution in [1.29, 1.82) is 0 Å². The molecule has 0 spiro atoms. The van der Waals surface area contributed by atoms with Crippen molar-refractivity contribution in [3.8, 4) is 5.75 Å². The molecule has 11 nitrogen and oxygen atoms in total.